The van der Waals surface area contributed by atoms with Crippen molar-refractivity contribution in [2.45, 2.75) is 17.8 Å². The monoisotopic (exact) mass is 519 g/mol. The lowest BCUT2D eigenvalue weighted by molar-refractivity contribution is -0.113. The maximum Gasteiger partial charge on any atom is 0.262 e. The van der Waals surface area contributed by atoms with Crippen molar-refractivity contribution in [3.05, 3.63) is 77.1 Å². The number of hydrogen-bond acceptors (Lipinski definition) is 8. The zero-order valence-electron chi connectivity index (χ0n) is 20.3. The van der Waals surface area contributed by atoms with E-state index in [1.165, 1.54) is 18.9 Å². The molecule has 0 spiro atoms. The molecule has 0 saturated carbocycles. The summed E-state index contributed by atoms with van der Waals surface area (Å²) in [6.45, 7) is 0.509. The highest BCUT2D eigenvalue weighted by atomic mass is 32.2. The molecular formula is C27H25N3O6S. The van der Waals surface area contributed by atoms with Crippen molar-refractivity contribution in [1.82, 2.24) is 9.55 Å². The second-order valence-electron chi connectivity index (χ2n) is 8.23. The molecule has 0 unspecified atom stereocenters. The summed E-state index contributed by atoms with van der Waals surface area (Å²) < 4.78 is 24.0. The molecule has 0 saturated heterocycles. The lowest BCUT2D eigenvalue weighted by atomic mass is 10.2. The van der Waals surface area contributed by atoms with E-state index in [0.717, 1.165) is 0 Å². The largest absolute Gasteiger partial charge is 0.497 e. The highest BCUT2D eigenvalue weighted by Gasteiger charge is 2.24. The van der Waals surface area contributed by atoms with E-state index >= 15 is 0 Å². The van der Waals surface area contributed by atoms with E-state index < -0.39 is 6.10 Å². The number of fused-ring (bicyclic) bond motifs is 2. The Morgan fingerprint density at radius 1 is 1.08 bits per heavy atom. The van der Waals surface area contributed by atoms with E-state index in [4.69, 9.17) is 23.9 Å². The fourth-order valence-electron chi connectivity index (χ4n) is 4.00. The van der Waals surface area contributed by atoms with Gasteiger partial charge in [0.25, 0.3) is 5.56 Å². The van der Waals surface area contributed by atoms with Gasteiger partial charge in [-0.15, -0.1) is 0 Å². The molecule has 0 aliphatic carbocycles. The number of thioether (sulfide) groups is 1. The van der Waals surface area contributed by atoms with Crippen LogP contribution in [0.5, 0.6) is 23.0 Å². The molecule has 1 aromatic heterocycles. The average Bonchev–Trinajstić information content (AvgIpc) is 2.93. The summed E-state index contributed by atoms with van der Waals surface area (Å²) in [5.74, 6) is 2.13. The second-order valence-corrected chi connectivity index (χ2v) is 9.17. The van der Waals surface area contributed by atoms with Gasteiger partial charge in [0.2, 0.25) is 5.91 Å². The van der Waals surface area contributed by atoms with Crippen molar-refractivity contribution in [3.63, 3.8) is 0 Å². The lowest BCUT2D eigenvalue weighted by Gasteiger charge is -2.27. The fourth-order valence-corrected chi connectivity index (χ4v) is 4.81. The number of anilines is 1. The number of nitrogens with one attached hydrogen (secondary N) is 1. The van der Waals surface area contributed by atoms with Gasteiger partial charge in [0.05, 0.1) is 43.1 Å². The van der Waals surface area contributed by atoms with E-state index in [2.05, 4.69) is 5.32 Å². The number of rotatable bonds is 8. The van der Waals surface area contributed by atoms with Gasteiger partial charge in [0.15, 0.2) is 22.8 Å². The number of ether oxygens (including phenoxy) is 4. The molecule has 37 heavy (non-hydrogen) atoms. The van der Waals surface area contributed by atoms with Gasteiger partial charge in [-0.2, -0.15) is 0 Å². The molecule has 3 aromatic carbocycles. The van der Waals surface area contributed by atoms with Crippen molar-refractivity contribution in [1.29, 1.82) is 0 Å². The lowest BCUT2D eigenvalue weighted by Crippen LogP contribution is -2.37. The number of para-hydroxylation sites is 3. The Morgan fingerprint density at radius 3 is 2.68 bits per heavy atom. The number of methoxy groups -OCH3 is 2. The van der Waals surface area contributed by atoms with Crippen molar-refractivity contribution in [2.75, 3.05) is 31.9 Å². The van der Waals surface area contributed by atoms with Crippen LogP contribution in [0.15, 0.2) is 76.7 Å². The van der Waals surface area contributed by atoms with Crippen molar-refractivity contribution in [2.24, 2.45) is 0 Å². The molecule has 0 radical (unpaired) electrons. The molecule has 1 aliphatic heterocycles. The van der Waals surface area contributed by atoms with Crippen LogP contribution in [-0.2, 0) is 11.3 Å². The average molecular weight is 520 g/mol. The first-order valence-corrected chi connectivity index (χ1v) is 12.6. The first-order chi connectivity index (χ1) is 18.1. The number of hydrogen-bond donors (Lipinski definition) is 1. The minimum Gasteiger partial charge on any atom is -0.497 e. The third kappa shape index (κ3) is 5.34. The van der Waals surface area contributed by atoms with Crippen molar-refractivity contribution in [3.8, 4) is 23.0 Å². The molecule has 190 valence electrons. The summed E-state index contributed by atoms with van der Waals surface area (Å²) in [4.78, 5) is 31.0. The maximum absolute atomic E-state index is 13.4. The van der Waals surface area contributed by atoms with Crippen LogP contribution in [-0.4, -0.2) is 48.1 Å². The van der Waals surface area contributed by atoms with Crippen LogP contribution in [0.25, 0.3) is 10.9 Å². The Bertz CT molecular complexity index is 1510. The minimum atomic E-state index is -0.398. The Labute approximate surface area is 217 Å². The number of amides is 1. The van der Waals surface area contributed by atoms with Gasteiger partial charge < -0.3 is 24.3 Å². The second kappa shape index (κ2) is 10.8. The Hall–Kier alpha value is -4.18. The number of aromatic nitrogens is 2. The SMILES string of the molecule is COc1ccc(OC)c(NC(=O)CSc2nc3ccccc3c(=O)n2C[C@H]2COc3ccccc3O2)c1. The zero-order chi connectivity index (χ0) is 25.8. The molecule has 0 bridgehead atoms. The van der Waals surface area contributed by atoms with E-state index in [-0.39, 0.29) is 30.4 Å². The molecule has 10 heteroatoms. The molecule has 5 rings (SSSR count). The highest BCUT2D eigenvalue weighted by Crippen LogP contribution is 2.32. The van der Waals surface area contributed by atoms with Gasteiger partial charge in [0, 0.05) is 6.07 Å². The highest BCUT2D eigenvalue weighted by molar-refractivity contribution is 7.99. The number of carbonyl (C=O) groups excluding carboxylic acids is 1. The van der Waals surface area contributed by atoms with Gasteiger partial charge in [-0.25, -0.2) is 4.98 Å². The van der Waals surface area contributed by atoms with Gasteiger partial charge >= 0.3 is 0 Å². The van der Waals surface area contributed by atoms with Crippen molar-refractivity contribution < 1.29 is 23.7 Å². The molecule has 4 aromatic rings. The van der Waals surface area contributed by atoms with Crippen LogP contribution >= 0.6 is 11.8 Å². The molecule has 9 nitrogen and oxygen atoms in total. The fraction of sp³-hybridized carbons (Fsp3) is 0.222. The molecule has 1 amide bonds. The Morgan fingerprint density at radius 2 is 1.86 bits per heavy atom. The van der Waals surface area contributed by atoms with Gasteiger partial charge in [0.1, 0.15) is 18.1 Å². The normalized spacial score (nSPS) is 14.3. The molecule has 1 aliphatic rings. The predicted octanol–water partition coefficient (Wildman–Crippen LogP) is 3.98. The summed E-state index contributed by atoms with van der Waals surface area (Å²) in [7, 11) is 3.08. The topological polar surface area (TPSA) is 101 Å². The van der Waals surface area contributed by atoms with Gasteiger partial charge in [-0.3, -0.25) is 14.2 Å². The van der Waals surface area contributed by atoms with Crippen LogP contribution in [0.2, 0.25) is 0 Å². The molecule has 1 atom stereocenters. The van der Waals surface area contributed by atoms with E-state index in [1.54, 1.807) is 48.1 Å². The van der Waals surface area contributed by atoms with E-state index in [0.29, 0.717) is 44.7 Å². The summed E-state index contributed by atoms with van der Waals surface area (Å²) in [5, 5.41) is 3.76. The smallest absolute Gasteiger partial charge is 0.262 e. The summed E-state index contributed by atoms with van der Waals surface area (Å²) in [6.07, 6.45) is -0.398. The number of nitrogens with zero attached hydrogens (tertiary/aromatic N) is 2. The first kappa shape index (κ1) is 24.5. The van der Waals surface area contributed by atoms with Crippen LogP contribution in [0.3, 0.4) is 0 Å². The molecular weight excluding hydrogens is 494 g/mol. The maximum atomic E-state index is 13.4. The van der Waals surface area contributed by atoms with Crippen molar-refractivity contribution >= 4 is 34.3 Å². The summed E-state index contributed by atoms with van der Waals surface area (Å²) >= 11 is 1.17. The van der Waals surface area contributed by atoms with Gasteiger partial charge in [-0.05, 0) is 36.4 Å². The van der Waals surface area contributed by atoms with Gasteiger partial charge in [-0.1, -0.05) is 36.0 Å². The van der Waals surface area contributed by atoms with Crippen LogP contribution in [0, 0.1) is 0 Å². The zero-order valence-corrected chi connectivity index (χ0v) is 21.1. The summed E-state index contributed by atoms with van der Waals surface area (Å²) in [5.41, 5.74) is 0.848. The number of benzene rings is 3. The predicted molar refractivity (Wildman–Crippen MR) is 141 cm³/mol. The molecule has 2 heterocycles. The quantitative estimate of drug-likeness (QED) is 0.276. The van der Waals surface area contributed by atoms with E-state index in [9.17, 15) is 9.59 Å². The first-order valence-electron chi connectivity index (χ1n) is 11.6. The van der Waals surface area contributed by atoms with Crippen LogP contribution < -0.4 is 29.8 Å². The standard InChI is InChI=1S/C27H25N3O6S/c1-33-17-11-12-22(34-2)21(13-17)28-25(31)16-37-27-29-20-8-4-3-7-19(20)26(32)30(27)14-18-15-35-23-9-5-6-10-24(23)36-18/h3-13,18H,14-16H2,1-2H3,(H,28,31)/t18-/m0/s1. The minimum absolute atomic E-state index is 0.0238. The van der Waals surface area contributed by atoms with E-state index in [1.807, 2.05) is 30.3 Å². The number of carbonyl (C=O) groups is 1. The Kier molecular flexibility index (Phi) is 7.18. The molecule has 1 N–H and O–H groups in total. The Balaban J connectivity index is 1.38. The molecule has 0 fully saturated rings. The third-order valence-corrected chi connectivity index (χ3v) is 6.77. The van der Waals surface area contributed by atoms with Crippen LogP contribution in [0.1, 0.15) is 0 Å². The van der Waals surface area contributed by atoms with Crippen LogP contribution in [0.4, 0.5) is 5.69 Å². The third-order valence-electron chi connectivity index (χ3n) is 5.79. The summed E-state index contributed by atoms with van der Waals surface area (Å²) in [6, 6.07) is 19.7.